The number of aliphatic hydroxyl groups is 3. The minimum atomic E-state index is -1.49. The number of ether oxygens (including phenoxy) is 6. The molecule has 2 aromatic carbocycles. The molecule has 37 heavy (non-hydrogen) atoms. The third-order valence-electron chi connectivity index (χ3n) is 7.35. The second-order valence-corrected chi connectivity index (χ2v) is 9.79. The van der Waals surface area contributed by atoms with Crippen LogP contribution in [0.5, 0.6) is 28.7 Å². The van der Waals surface area contributed by atoms with Crippen molar-refractivity contribution in [3.05, 3.63) is 53.1 Å². The standard InChI is InChI=1S/C27H28O10/c1-11(2)17-7-14-16(35-17)5-4-12-23(29)22-13-6-20(37-27-25(31)24(30)15(28)9-34-27)19(32-3)8-18(13)33-10-21(22)36-26(12)14/h4-6,8,15,17,21-22,24-25,27-28,30-31H,1,7,9-10H2,2-3H3/t15-,17-,21-,22+,24+,25-,27+/m1/s1. The van der Waals surface area contributed by atoms with E-state index in [1.165, 1.54) is 7.11 Å². The van der Waals surface area contributed by atoms with E-state index in [2.05, 4.69) is 6.58 Å². The Kier molecular flexibility index (Phi) is 5.79. The number of fused-ring (bicyclic) bond motifs is 6. The molecule has 196 valence electrons. The monoisotopic (exact) mass is 512 g/mol. The molecule has 0 aliphatic carbocycles. The highest BCUT2D eigenvalue weighted by atomic mass is 16.7. The molecule has 10 heteroatoms. The van der Waals surface area contributed by atoms with Gasteiger partial charge in [0.15, 0.2) is 17.3 Å². The van der Waals surface area contributed by atoms with Crippen LogP contribution in [0, 0.1) is 0 Å². The summed E-state index contributed by atoms with van der Waals surface area (Å²) in [6.07, 6.45) is -5.57. The van der Waals surface area contributed by atoms with Gasteiger partial charge in [0, 0.05) is 23.6 Å². The SMILES string of the molecule is C=C(C)[C@H]1Cc2c(ccc3c2O[C@@H]2COc4cc(OC)c(O[C@@H]5OC[C@@H](O)[C@H](O)[C@H]5O)cc4[C@@H]2C3=O)O1. The summed E-state index contributed by atoms with van der Waals surface area (Å²) in [6.45, 7) is 5.84. The molecule has 4 heterocycles. The fourth-order valence-corrected chi connectivity index (χ4v) is 5.28. The number of Topliss-reactive ketones (excluding diaryl/α,β-unsaturated/α-hetero) is 1. The van der Waals surface area contributed by atoms with Gasteiger partial charge in [0.2, 0.25) is 6.29 Å². The maximum atomic E-state index is 13.8. The van der Waals surface area contributed by atoms with Crippen LogP contribution in [0.3, 0.4) is 0 Å². The zero-order valence-electron chi connectivity index (χ0n) is 20.4. The van der Waals surface area contributed by atoms with Gasteiger partial charge in [-0.3, -0.25) is 4.79 Å². The molecule has 2 aromatic rings. The van der Waals surface area contributed by atoms with Crippen LogP contribution in [-0.4, -0.2) is 78.2 Å². The molecule has 0 aromatic heterocycles. The molecule has 0 saturated carbocycles. The summed E-state index contributed by atoms with van der Waals surface area (Å²) in [6, 6.07) is 6.74. The van der Waals surface area contributed by atoms with Crippen LogP contribution in [0.1, 0.15) is 34.3 Å². The van der Waals surface area contributed by atoms with Crippen LogP contribution in [-0.2, 0) is 11.2 Å². The van der Waals surface area contributed by atoms with Gasteiger partial charge in [-0.05, 0) is 30.7 Å². The Hall–Kier alpha value is -3.31. The highest BCUT2D eigenvalue weighted by molar-refractivity contribution is 6.06. The van der Waals surface area contributed by atoms with E-state index in [-0.39, 0.29) is 30.9 Å². The lowest BCUT2D eigenvalue weighted by Gasteiger charge is -2.38. The Morgan fingerprint density at radius 3 is 2.62 bits per heavy atom. The number of hydrogen-bond acceptors (Lipinski definition) is 10. The predicted molar refractivity (Wildman–Crippen MR) is 128 cm³/mol. The van der Waals surface area contributed by atoms with E-state index >= 15 is 0 Å². The smallest absolute Gasteiger partial charge is 0.229 e. The molecule has 10 nitrogen and oxygen atoms in total. The van der Waals surface area contributed by atoms with E-state index in [0.29, 0.717) is 40.5 Å². The van der Waals surface area contributed by atoms with E-state index < -0.39 is 36.6 Å². The predicted octanol–water partition coefficient (Wildman–Crippen LogP) is 1.51. The third kappa shape index (κ3) is 3.83. The largest absolute Gasteiger partial charge is 0.493 e. The quantitative estimate of drug-likeness (QED) is 0.518. The van der Waals surface area contributed by atoms with E-state index in [1.807, 2.05) is 6.92 Å². The zero-order chi connectivity index (χ0) is 26.0. The van der Waals surface area contributed by atoms with E-state index in [4.69, 9.17) is 28.4 Å². The Balaban J connectivity index is 1.34. The summed E-state index contributed by atoms with van der Waals surface area (Å²) in [5, 5.41) is 30.1. The van der Waals surface area contributed by atoms with Crippen LogP contribution in [0.15, 0.2) is 36.4 Å². The average Bonchev–Trinajstić information content (AvgIpc) is 3.34. The van der Waals surface area contributed by atoms with Crippen molar-refractivity contribution in [1.82, 2.24) is 0 Å². The minimum absolute atomic E-state index is 0.110. The molecule has 4 aliphatic rings. The lowest BCUT2D eigenvalue weighted by Crippen LogP contribution is -2.54. The molecule has 1 fully saturated rings. The Morgan fingerprint density at radius 2 is 1.86 bits per heavy atom. The van der Waals surface area contributed by atoms with Gasteiger partial charge in [0.25, 0.3) is 0 Å². The van der Waals surface area contributed by atoms with Crippen LogP contribution in [0.25, 0.3) is 0 Å². The molecule has 1 saturated heterocycles. The number of carbonyl (C=O) groups is 1. The molecular formula is C27H28O10. The first-order valence-corrected chi connectivity index (χ1v) is 12.1. The van der Waals surface area contributed by atoms with Gasteiger partial charge in [-0.25, -0.2) is 0 Å². The van der Waals surface area contributed by atoms with Crippen molar-refractivity contribution in [3.63, 3.8) is 0 Å². The van der Waals surface area contributed by atoms with Gasteiger partial charge >= 0.3 is 0 Å². The summed E-state index contributed by atoms with van der Waals surface area (Å²) in [7, 11) is 1.45. The molecule has 0 amide bonds. The molecular weight excluding hydrogens is 484 g/mol. The minimum Gasteiger partial charge on any atom is -0.493 e. The lowest BCUT2D eigenvalue weighted by molar-refractivity contribution is -0.242. The van der Waals surface area contributed by atoms with Crippen LogP contribution >= 0.6 is 0 Å². The second kappa shape index (κ2) is 8.91. The maximum Gasteiger partial charge on any atom is 0.229 e. The van der Waals surface area contributed by atoms with Crippen molar-refractivity contribution in [3.8, 4) is 28.7 Å². The van der Waals surface area contributed by atoms with Crippen molar-refractivity contribution >= 4 is 5.78 Å². The number of rotatable bonds is 4. The van der Waals surface area contributed by atoms with Gasteiger partial charge in [-0.1, -0.05) is 6.58 Å². The topological polar surface area (TPSA) is 133 Å². The van der Waals surface area contributed by atoms with Crippen molar-refractivity contribution in [2.24, 2.45) is 0 Å². The normalized spacial score (nSPS) is 31.5. The molecule has 0 spiro atoms. The highest BCUT2D eigenvalue weighted by Crippen LogP contribution is 2.50. The summed E-state index contributed by atoms with van der Waals surface area (Å²) in [5.41, 5.74) is 2.77. The van der Waals surface area contributed by atoms with Crippen molar-refractivity contribution in [2.45, 2.75) is 56.1 Å². The molecule has 0 unspecified atom stereocenters. The first-order chi connectivity index (χ1) is 17.8. The van der Waals surface area contributed by atoms with Crippen LogP contribution < -0.4 is 23.7 Å². The maximum absolute atomic E-state index is 13.8. The van der Waals surface area contributed by atoms with Crippen LogP contribution in [0.4, 0.5) is 0 Å². The van der Waals surface area contributed by atoms with Crippen molar-refractivity contribution in [2.75, 3.05) is 20.3 Å². The molecule has 0 bridgehead atoms. The number of methoxy groups -OCH3 is 1. The summed E-state index contributed by atoms with van der Waals surface area (Å²) in [4.78, 5) is 13.8. The number of ketones is 1. The summed E-state index contributed by atoms with van der Waals surface area (Å²) < 4.78 is 35.0. The first-order valence-electron chi connectivity index (χ1n) is 12.1. The van der Waals surface area contributed by atoms with Crippen molar-refractivity contribution in [1.29, 1.82) is 0 Å². The van der Waals surface area contributed by atoms with Gasteiger partial charge in [-0.15, -0.1) is 0 Å². The molecule has 4 aliphatic heterocycles. The Labute approximate surface area is 212 Å². The van der Waals surface area contributed by atoms with E-state index in [0.717, 1.165) is 11.1 Å². The molecule has 0 radical (unpaired) electrons. The second-order valence-electron chi connectivity index (χ2n) is 9.79. The van der Waals surface area contributed by atoms with Gasteiger partial charge in [0.1, 0.15) is 54.4 Å². The molecule has 3 N–H and O–H groups in total. The highest BCUT2D eigenvalue weighted by Gasteiger charge is 2.46. The summed E-state index contributed by atoms with van der Waals surface area (Å²) >= 11 is 0. The van der Waals surface area contributed by atoms with E-state index in [1.54, 1.807) is 24.3 Å². The molecule has 7 atom stereocenters. The van der Waals surface area contributed by atoms with Crippen molar-refractivity contribution < 1.29 is 48.5 Å². The third-order valence-corrected chi connectivity index (χ3v) is 7.35. The fraction of sp³-hybridized carbons (Fsp3) is 0.444. The first kappa shape index (κ1) is 24.1. The average molecular weight is 513 g/mol. The zero-order valence-corrected chi connectivity index (χ0v) is 20.4. The number of benzene rings is 2. The number of hydrogen-bond donors (Lipinski definition) is 3. The molecule has 6 rings (SSSR count). The fourth-order valence-electron chi connectivity index (χ4n) is 5.28. The number of aliphatic hydroxyl groups excluding tert-OH is 3. The number of carbonyl (C=O) groups excluding carboxylic acids is 1. The summed E-state index contributed by atoms with van der Waals surface area (Å²) in [5.74, 6) is 1.37. The van der Waals surface area contributed by atoms with Gasteiger partial charge in [0.05, 0.1) is 25.2 Å². The lowest BCUT2D eigenvalue weighted by atomic mass is 9.81. The van der Waals surface area contributed by atoms with Crippen LogP contribution in [0.2, 0.25) is 0 Å². The van der Waals surface area contributed by atoms with E-state index in [9.17, 15) is 20.1 Å². The van der Waals surface area contributed by atoms with Gasteiger partial charge in [-0.2, -0.15) is 0 Å². The van der Waals surface area contributed by atoms with Gasteiger partial charge < -0.3 is 43.7 Å². The Morgan fingerprint density at radius 1 is 1.05 bits per heavy atom. The Bertz CT molecular complexity index is 1270.